The number of nitrogens with zero attached hydrogens (tertiary/aromatic N) is 4. The molecule has 2 bridgehead atoms. The summed E-state index contributed by atoms with van der Waals surface area (Å²) in [5.74, 6) is -1.01. The highest BCUT2D eigenvalue weighted by atomic mass is 32.2. The Bertz CT molecular complexity index is 1860. The van der Waals surface area contributed by atoms with E-state index >= 15 is 0 Å². The maximum atomic E-state index is 13.5. The second-order valence-corrected chi connectivity index (χ2v) is 16.6. The number of anilines is 1. The van der Waals surface area contributed by atoms with E-state index in [4.69, 9.17) is 15.6 Å². The number of fused-ring (bicyclic) bond motifs is 4. The van der Waals surface area contributed by atoms with Crippen LogP contribution in [0.3, 0.4) is 0 Å². The number of quaternary nitrogens is 1. The summed E-state index contributed by atoms with van der Waals surface area (Å²) in [5.41, 5.74) is 8.25. The van der Waals surface area contributed by atoms with Gasteiger partial charge >= 0.3 is 11.9 Å². The van der Waals surface area contributed by atoms with Crippen molar-refractivity contribution in [3.8, 4) is 5.75 Å². The zero-order valence-corrected chi connectivity index (χ0v) is 32.8. The first-order valence-corrected chi connectivity index (χ1v) is 19.7. The quantitative estimate of drug-likeness (QED) is 0.147. The number of hydrogen-bond donors (Lipinski definition) is 4. The van der Waals surface area contributed by atoms with E-state index in [-0.39, 0.29) is 39.9 Å². The highest BCUT2D eigenvalue weighted by molar-refractivity contribution is 8.00. The van der Waals surface area contributed by atoms with Crippen molar-refractivity contribution in [2.75, 3.05) is 51.9 Å². The second-order valence-electron chi connectivity index (χ2n) is 14.6. The number of aromatic nitrogens is 2. The van der Waals surface area contributed by atoms with E-state index < -0.39 is 11.6 Å². The molecule has 53 heavy (non-hydrogen) atoms. The fourth-order valence-electron chi connectivity index (χ4n) is 7.53. The van der Waals surface area contributed by atoms with Crippen LogP contribution < -0.4 is 16.5 Å². The summed E-state index contributed by atoms with van der Waals surface area (Å²) in [5, 5.41) is 23.5. The monoisotopic (exact) mass is 771 g/mol. The molecule has 14 nitrogen and oxygen atoms in total. The van der Waals surface area contributed by atoms with Crippen molar-refractivity contribution in [2.45, 2.75) is 76.9 Å². The van der Waals surface area contributed by atoms with Crippen LogP contribution in [-0.4, -0.2) is 110 Å². The summed E-state index contributed by atoms with van der Waals surface area (Å²) in [6, 6.07) is 1.17. The summed E-state index contributed by atoms with van der Waals surface area (Å²) >= 11 is 3.06. The lowest BCUT2D eigenvalue weighted by molar-refractivity contribution is -0.941. The molecule has 5 N–H and O–H groups in total. The van der Waals surface area contributed by atoms with Crippen molar-refractivity contribution in [3.05, 3.63) is 68.9 Å². The van der Waals surface area contributed by atoms with Crippen molar-refractivity contribution < 1.29 is 38.6 Å². The molecule has 5 aliphatic heterocycles. The molecule has 0 aliphatic carbocycles. The average Bonchev–Trinajstić information content (AvgIpc) is 3.57. The normalized spacial score (nSPS) is 26.0. The van der Waals surface area contributed by atoms with Crippen LogP contribution in [0.2, 0.25) is 0 Å². The summed E-state index contributed by atoms with van der Waals surface area (Å²) in [7, 11) is 2.80. The summed E-state index contributed by atoms with van der Waals surface area (Å²) in [4.78, 5) is 55.0. The molecule has 2 aromatic rings. The number of ether oxygens (including phenoxy) is 2. The number of piperidine rings is 3. The van der Waals surface area contributed by atoms with Crippen molar-refractivity contribution >= 4 is 51.6 Å². The number of thiazole rings is 1. The molecule has 7 heterocycles. The van der Waals surface area contributed by atoms with Gasteiger partial charge in [-0.2, -0.15) is 0 Å². The van der Waals surface area contributed by atoms with Gasteiger partial charge in [0.25, 0.3) is 5.91 Å². The fourth-order valence-corrected chi connectivity index (χ4v) is 9.47. The first-order chi connectivity index (χ1) is 25.1. The van der Waals surface area contributed by atoms with Crippen LogP contribution in [0.5, 0.6) is 5.75 Å². The van der Waals surface area contributed by atoms with Crippen LogP contribution in [-0.2, 0) is 30.4 Å². The van der Waals surface area contributed by atoms with Gasteiger partial charge in [0.05, 0.1) is 44.1 Å². The average molecular weight is 772 g/mol. The number of carboxylic acids is 1. The third kappa shape index (κ3) is 8.35. The zero-order valence-electron chi connectivity index (χ0n) is 31.2. The topological polar surface area (TPSA) is 186 Å². The molecule has 5 aliphatic rings. The molecule has 0 radical (unpaired) electrons. The molecular formula is C37H51N6O8S2+. The molecule has 16 heteroatoms. The Kier molecular flexibility index (Phi) is 12.2. The second kappa shape index (κ2) is 16.1. The van der Waals surface area contributed by atoms with Gasteiger partial charge in [0.1, 0.15) is 17.6 Å². The first-order valence-electron chi connectivity index (χ1n) is 17.7. The molecule has 2 atom stereocenters. The van der Waals surface area contributed by atoms with Crippen molar-refractivity contribution in [2.24, 2.45) is 5.41 Å². The van der Waals surface area contributed by atoms with Crippen LogP contribution in [0.1, 0.15) is 59.1 Å². The minimum atomic E-state index is -1.04. The minimum Gasteiger partial charge on any atom is -0.503 e. The number of amides is 1. The molecule has 7 rings (SSSR count). The molecular weight excluding hydrogens is 721 g/mol. The SMILES string of the molecule is C/C=C1\C(NC(=O)/C(=C/CC)c2csc(N)n2)C2SCC(C[N+]34CCC(Cn5ccc(=O)c(O)c5)(CC3)CC4)=C(C(=O)OC)N12.COC(C)(C)C(=O)O. The Balaban J connectivity index is 0.000000609. The largest absolute Gasteiger partial charge is 0.503 e. The van der Waals surface area contributed by atoms with Gasteiger partial charge in [-0.25, -0.2) is 14.6 Å². The van der Waals surface area contributed by atoms with E-state index in [0.29, 0.717) is 34.3 Å². The predicted octanol–water partition coefficient (Wildman–Crippen LogP) is 3.79. The lowest BCUT2D eigenvalue weighted by atomic mass is 9.70. The molecule has 2 unspecified atom stereocenters. The molecule has 0 saturated carbocycles. The number of carboxylic acid groups (broad SMARTS) is 1. The maximum absolute atomic E-state index is 13.5. The van der Waals surface area contributed by atoms with Gasteiger partial charge in [-0.15, -0.1) is 23.1 Å². The Morgan fingerprint density at radius 1 is 1.21 bits per heavy atom. The molecule has 0 spiro atoms. The first kappa shape index (κ1) is 40.1. The summed E-state index contributed by atoms with van der Waals surface area (Å²) in [6.07, 6.45) is 11.0. The van der Waals surface area contributed by atoms with Gasteiger partial charge in [0.15, 0.2) is 16.5 Å². The van der Waals surface area contributed by atoms with Crippen molar-refractivity contribution in [3.63, 3.8) is 0 Å². The number of allylic oxidation sites excluding steroid dienone is 2. The molecule has 1 amide bonds. The number of aliphatic carboxylic acids is 1. The molecule has 4 fully saturated rings. The van der Waals surface area contributed by atoms with Crippen LogP contribution in [0, 0.1) is 5.41 Å². The molecule has 0 aromatic carbocycles. The molecule has 4 saturated heterocycles. The zero-order chi connectivity index (χ0) is 38.7. The summed E-state index contributed by atoms with van der Waals surface area (Å²) < 4.78 is 12.8. The van der Waals surface area contributed by atoms with Gasteiger partial charge in [0, 0.05) is 79.2 Å². The summed E-state index contributed by atoms with van der Waals surface area (Å²) in [6.45, 7) is 11.5. The number of methoxy groups -OCH3 is 2. The Morgan fingerprint density at radius 2 is 1.89 bits per heavy atom. The highest BCUT2D eigenvalue weighted by Gasteiger charge is 2.54. The van der Waals surface area contributed by atoms with E-state index in [0.717, 1.165) is 67.7 Å². The van der Waals surface area contributed by atoms with E-state index in [1.54, 1.807) is 29.5 Å². The number of thioether (sulfide) groups is 1. The molecule has 288 valence electrons. The van der Waals surface area contributed by atoms with Gasteiger partial charge in [0.2, 0.25) is 5.43 Å². The number of nitrogens with two attached hydrogens (primary N) is 1. The number of pyridine rings is 1. The number of aromatic hydroxyl groups is 1. The van der Waals surface area contributed by atoms with Crippen LogP contribution in [0.25, 0.3) is 5.57 Å². The van der Waals surface area contributed by atoms with Crippen LogP contribution in [0.15, 0.2) is 57.8 Å². The predicted molar refractivity (Wildman–Crippen MR) is 205 cm³/mol. The van der Waals surface area contributed by atoms with Crippen LogP contribution >= 0.6 is 23.1 Å². The number of esters is 1. The minimum absolute atomic E-state index is 0.120. The molecule has 2 aromatic heterocycles. The third-order valence-corrected chi connectivity index (χ3v) is 12.9. The number of rotatable bonds is 11. The van der Waals surface area contributed by atoms with Crippen molar-refractivity contribution in [1.29, 1.82) is 0 Å². The number of nitrogens with one attached hydrogen (secondary N) is 1. The lowest BCUT2D eigenvalue weighted by Gasteiger charge is -2.57. The highest BCUT2D eigenvalue weighted by Crippen LogP contribution is 2.49. The Labute approximate surface area is 317 Å². The van der Waals surface area contributed by atoms with Gasteiger partial charge < -0.3 is 44.7 Å². The Morgan fingerprint density at radius 3 is 2.40 bits per heavy atom. The van der Waals surface area contributed by atoms with E-state index in [1.165, 1.54) is 45.5 Å². The standard InChI is InChI=1S/C32H40N6O5S2.C5H10O3/c1-4-6-21(22-18-45-31(33)34-22)28(41)35-26-23(5-2)37-27(30(42)43-3)20(17-44-29(26)37)16-38-12-8-32(9-13-38,10-14-38)19-36-11-7-24(39)25(40)15-36;1-5(2,8-3)4(6)7/h5-7,11,15,18,26,29H,4,8-10,12-14,16-17,19H2,1-3H3,(H3-,33,34,35,40,41);1-3H3,(H,6,7)/p+1/b21-6+,23-5+;. The third-order valence-electron chi connectivity index (χ3n) is 10.9. The van der Waals surface area contributed by atoms with Gasteiger partial charge in [-0.3, -0.25) is 9.59 Å². The number of nitrogen functional groups attached to an aromatic ring is 1. The maximum Gasteiger partial charge on any atom is 0.354 e. The lowest BCUT2D eigenvalue weighted by Crippen LogP contribution is -2.66. The van der Waals surface area contributed by atoms with E-state index in [2.05, 4.69) is 19.9 Å². The van der Waals surface area contributed by atoms with Gasteiger partial charge in [-0.05, 0) is 27.2 Å². The number of hydrogen-bond acceptors (Lipinski definition) is 12. The number of carbonyl (C=O) groups is 3. The van der Waals surface area contributed by atoms with Crippen LogP contribution in [0.4, 0.5) is 5.13 Å². The fraction of sp³-hybridized carbons (Fsp3) is 0.541. The van der Waals surface area contributed by atoms with E-state index in [1.807, 2.05) is 30.6 Å². The Hall–Kier alpha value is -4.12. The smallest absolute Gasteiger partial charge is 0.354 e. The van der Waals surface area contributed by atoms with E-state index in [9.17, 15) is 24.3 Å². The number of carbonyl (C=O) groups excluding carboxylic acids is 2. The van der Waals surface area contributed by atoms with Gasteiger partial charge in [-0.1, -0.05) is 19.1 Å². The van der Waals surface area contributed by atoms with Crippen molar-refractivity contribution in [1.82, 2.24) is 19.8 Å².